The number of carbonyl (C=O) groups excluding carboxylic acids is 1. The van der Waals surface area contributed by atoms with E-state index < -0.39 is 15.9 Å². The van der Waals surface area contributed by atoms with Crippen LogP contribution in [0.1, 0.15) is 15.9 Å². The van der Waals surface area contributed by atoms with Crippen LogP contribution < -0.4 is 20.7 Å². The van der Waals surface area contributed by atoms with Gasteiger partial charge in [0.05, 0.1) is 10.5 Å². The lowest BCUT2D eigenvalue weighted by Crippen LogP contribution is -2.43. The van der Waals surface area contributed by atoms with E-state index in [9.17, 15) is 13.2 Å². The van der Waals surface area contributed by atoms with Crippen molar-refractivity contribution in [3.63, 3.8) is 0 Å². The average molecular weight is 450 g/mol. The molecule has 1 heterocycles. The number of nitrogens with zero attached hydrogens (tertiary/aromatic N) is 1. The molecule has 0 aromatic heterocycles. The molecule has 0 spiro atoms. The molecule has 0 saturated carbocycles. The molecule has 1 fully saturated rings. The summed E-state index contributed by atoms with van der Waals surface area (Å²) < 4.78 is 27.9. The van der Waals surface area contributed by atoms with E-state index in [1.54, 1.807) is 12.1 Å². The van der Waals surface area contributed by atoms with Crippen LogP contribution in [0.25, 0.3) is 11.1 Å². The van der Waals surface area contributed by atoms with Gasteiger partial charge < -0.3 is 16.0 Å². The smallest absolute Gasteiger partial charge is 0.250 e. The van der Waals surface area contributed by atoms with E-state index in [0.29, 0.717) is 16.7 Å². The Bertz CT molecular complexity index is 1190. The van der Waals surface area contributed by atoms with E-state index in [1.165, 1.54) is 12.1 Å². The van der Waals surface area contributed by atoms with E-state index in [2.05, 4.69) is 21.0 Å². The third-order valence-electron chi connectivity index (χ3n) is 5.42. The molecule has 1 saturated heterocycles. The number of hydrogen-bond acceptors (Lipinski definition) is 5. The van der Waals surface area contributed by atoms with Crippen molar-refractivity contribution in [1.82, 2.24) is 10.0 Å². The fraction of sp³-hybridized carbons (Fsp3) is 0.208. The number of nitrogens with one attached hydrogen (secondary N) is 2. The molecule has 1 amide bonds. The highest BCUT2D eigenvalue weighted by molar-refractivity contribution is 7.89. The molecule has 4 N–H and O–H groups in total. The fourth-order valence-electron chi connectivity index (χ4n) is 3.68. The van der Waals surface area contributed by atoms with Gasteiger partial charge in [0.25, 0.3) is 0 Å². The number of anilines is 1. The van der Waals surface area contributed by atoms with E-state index in [0.717, 1.165) is 37.4 Å². The Morgan fingerprint density at radius 1 is 1.00 bits per heavy atom. The molecule has 0 atom stereocenters. The summed E-state index contributed by atoms with van der Waals surface area (Å²) in [5.74, 6) is -0.571. The predicted molar refractivity (Wildman–Crippen MR) is 125 cm³/mol. The zero-order valence-corrected chi connectivity index (χ0v) is 18.4. The summed E-state index contributed by atoms with van der Waals surface area (Å²) in [5.41, 5.74) is 8.95. The Morgan fingerprint density at radius 2 is 1.69 bits per heavy atom. The maximum atomic E-state index is 12.6. The molecule has 8 heteroatoms. The van der Waals surface area contributed by atoms with Crippen molar-refractivity contribution in [3.05, 3.63) is 83.9 Å². The van der Waals surface area contributed by atoms with Gasteiger partial charge in [0, 0.05) is 44.5 Å². The van der Waals surface area contributed by atoms with Gasteiger partial charge in [-0.05, 0) is 34.9 Å². The van der Waals surface area contributed by atoms with Crippen LogP contribution in [-0.2, 0) is 16.6 Å². The Hall–Kier alpha value is -3.20. The maximum absolute atomic E-state index is 12.6. The Morgan fingerprint density at radius 3 is 2.34 bits per heavy atom. The number of sulfonamides is 1. The summed E-state index contributed by atoms with van der Waals surface area (Å²) >= 11 is 0. The van der Waals surface area contributed by atoms with Crippen LogP contribution in [0.4, 0.5) is 5.69 Å². The second kappa shape index (κ2) is 9.52. The first kappa shape index (κ1) is 22.0. The molecule has 1 aliphatic rings. The normalized spacial score (nSPS) is 14.3. The van der Waals surface area contributed by atoms with Gasteiger partial charge in [-0.1, -0.05) is 48.5 Å². The monoisotopic (exact) mass is 449 g/mol. The number of hydrogen-bond donors (Lipinski definition) is 3. The number of carbonyl (C=O) groups is 1. The van der Waals surface area contributed by atoms with Gasteiger partial charge in [-0.15, -0.1) is 0 Å². The van der Waals surface area contributed by atoms with Crippen molar-refractivity contribution in [1.29, 1.82) is 0 Å². The zero-order chi connectivity index (χ0) is 22.6. The Balaban J connectivity index is 1.56. The van der Waals surface area contributed by atoms with E-state index in [1.807, 2.05) is 42.5 Å². The van der Waals surface area contributed by atoms with Crippen molar-refractivity contribution in [2.24, 2.45) is 5.73 Å². The first-order valence-electron chi connectivity index (χ1n) is 10.4. The third kappa shape index (κ3) is 4.99. The second-order valence-electron chi connectivity index (χ2n) is 7.57. The molecular formula is C24H25N4O3S. The van der Waals surface area contributed by atoms with Gasteiger partial charge >= 0.3 is 0 Å². The fourth-order valence-corrected chi connectivity index (χ4v) is 4.70. The van der Waals surface area contributed by atoms with Gasteiger partial charge in [0.15, 0.2) is 0 Å². The summed E-state index contributed by atoms with van der Waals surface area (Å²) in [4.78, 5) is 14.4. The molecule has 0 unspecified atom stereocenters. The van der Waals surface area contributed by atoms with Crippen molar-refractivity contribution >= 4 is 21.6 Å². The van der Waals surface area contributed by atoms with Crippen LogP contribution in [-0.4, -0.2) is 40.5 Å². The van der Waals surface area contributed by atoms with Crippen molar-refractivity contribution in [3.8, 4) is 11.1 Å². The van der Waals surface area contributed by atoms with Crippen LogP contribution in [0.5, 0.6) is 0 Å². The standard InChI is InChI=1S/C24H25N4O3S/c25-24(29)23-16-20(28-14-12-26-13-15-28)8-11-22(23)19-6-9-21(10-7-19)32(30,31)27-17-18-4-2-1-3-5-18/h1-11,26-27H,12-15,17H2,(H2,25,29). The minimum atomic E-state index is -3.67. The molecule has 0 bridgehead atoms. The number of benzene rings is 3. The molecule has 3 aromatic carbocycles. The summed E-state index contributed by atoms with van der Waals surface area (Å²) in [6.45, 7) is 3.61. The van der Waals surface area contributed by atoms with Gasteiger partial charge in [0.2, 0.25) is 15.9 Å². The summed E-state index contributed by atoms with van der Waals surface area (Å²) in [5, 5.41) is 3.29. The number of primary amides is 1. The van der Waals surface area contributed by atoms with Gasteiger partial charge in [-0.2, -0.15) is 0 Å². The van der Waals surface area contributed by atoms with Crippen LogP contribution in [0.2, 0.25) is 0 Å². The molecular weight excluding hydrogens is 424 g/mol. The second-order valence-corrected chi connectivity index (χ2v) is 9.34. The third-order valence-corrected chi connectivity index (χ3v) is 6.84. The molecule has 7 nitrogen and oxygen atoms in total. The number of nitrogens with two attached hydrogens (primary N) is 1. The average Bonchev–Trinajstić information content (AvgIpc) is 2.84. The first-order valence-corrected chi connectivity index (χ1v) is 11.9. The quantitative estimate of drug-likeness (QED) is 0.513. The molecule has 165 valence electrons. The number of amides is 1. The van der Waals surface area contributed by atoms with Gasteiger partial charge in [-0.25, -0.2) is 13.1 Å². The molecule has 3 aromatic rings. The minimum Gasteiger partial charge on any atom is -0.368 e. The lowest BCUT2D eigenvalue weighted by molar-refractivity contribution is 0.100. The highest BCUT2D eigenvalue weighted by atomic mass is 32.2. The highest BCUT2D eigenvalue weighted by Gasteiger charge is 2.18. The highest BCUT2D eigenvalue weighted by Crippen LogP contribution is 2.28. The van der Waals surface area contributed by atoms with E-state index in [4.69, 9.17) is 5.73 Å². The molecule has 1 radical (unpaired) electrons. The van der Waals surface area contributed by atoms with Crippen molar-refractivity contribution in [2.75, 3.05) is 31.1 Å². The first-order chi connectivity index (χ1) is 15.4. The van der Waals surface area contributed by atoms with Crippen LogP contribution in [0.15, 0.2) is 71.6 Å². The largest absolute Gasteiger partial charge is 0.368 e. The molecule has 1 aliphatic heterocycles. The zero-order valence-electron chi connectivity index (χ0n) is 17.5. The maximum Gasteiger partial charge on any atom is 0.250 e. The number of rotatable bonds is 7. The summed E-state index contributed by atoms with van der Waals surface area (Å²) in [6, 6.07) is 22.6. The van der Waals surface area contributed by atoms with Crippen LogP contribution in [0.3, 0.4) is 0 Å². The topological polar surface area (TPSA) is 105 Å². The van der Waals surface area contributed by atoms with Crippen LogP contribution >= 0.6 is 0 Å². The Labute approximate surface area is 188 Å². The minimum absolute atomic E-state index is 0.152. The predicted octanol–water partition coefficient (Wildman–Crippen LogP) is 2.14. The Kier molecular flexibility index (Phi) is 6.55. The summed E-state index contributed by atoms with van der Waals surface area (Å²) in [6.07, 6.45) is 0. The SMILES string of the molecule is NC(=O)c1[c]c(N2CCNCC2)ccc1-c1ccc(S(=O)(=O)NCc2ccccc2)cc1. The van der Waals surface area contributed by atoms with Crippen LogP contribution in [0, 0.1) is 6.07 Å². The van der Waals surface area contributed by atoms with E-state index >= 15 is 0 Å². The molecule has 32 heavy (non-hydrogen) atoms. The van der Waals surface area contributed by atoms with Crippen molar-refractivity contribution in [2.45, 2.75) is 11.4 Å². The lowest BCUT2D eigenvalue weighted by Gasteiger charge is -2.29. The van der Waals surface area contributed by atoms with E-state index in [-0.39, 0.29) is 11.4 Å². The van der Waals surface area contributed by atoms with Gasteiger partial charge in [-0.3, -0.25) is 4.79 Å². The molecule has 0 aliphatic carbocycles. The number of piperazine rings is 1. The summed E-state index contributed by atoms with van der Waals surface area (Å²) in [7, 11) is -3.67. The van der Waals surface area contributed by atoms with Crippen molar-refractivity contribution < 1.29 is 13.2 Å². The molecule has 4 rings (SSSR count). The lowest BCUT2D eigenvalue weighted by atomic mass is 9.98. The van der Waals surface area contributed by atoms with Gasteiger partial charge in [0.1, 0.15) is 0 Å².